The Morgan fingerprint density at radius 2 is 1.73 bits per heavy atom. The van der Waals surface area contributed by atoms with E-state index in [1.54, 1.807) is 0 Å². The standard InChI is InChI=1S/C16H16ClNO2.C2H2O4/c17-14-3-1-2-13(8-14)10-18-7-6-12-4-5-15-16(9-12)20-11-19-15;3-1(4)2(5)6/h1-5,8-9,18H,6-7,10-11H2;(H,3,4)(H,5,6). The maximum absolute atomic E-state index is 9.10. The van der Waals surface area contributed by atoms with E-state index in [2.05, 4.69) is 17.4 Å². The summed E-state index contributed by atoms with van der Waals surface area (Å²) < 4.78 is 10.7. The topological polar surface area (TPSA) is 105 Å². The largest absolute Gasteiger partial charge is 0.473 e. The van der Waals surface area contributed by atoms with Crippen molar-refractivity contribution in [3.05, 3.63) is 58.6 Å². The molecule has 1 aliphatic rings. The molecule has 8 heteroatoms. The Hall–Kier alpha value is -2.77. The maximum Gasteiger partial charge on any atom is 0.414 e. The van der Waals surface area contributed by atoms with Crippen LogP contribution in [0.2, 0.25) is 5.02 Å². The zero-order valence-electron chi connectivity index (χ0n) is 13.8. The fraction of sp³-hybridized carbons (Fsp3) is 0.222. The van der Waals surface area contributed by atoms with Gasteiger partial charge in [0.25, 0.3) is 0 Å². The molecule has 0 radical (unpaired) electrons. The first-order valence-electron chi connectivity index (χ1n) is 7.75. The van der Waals surface area contributed by atoms with Crippen molar-refractivity contribution < 1.29 is 29.3 Å². The van der Waals surface area contributed by atoms with Gasteiger partial charge in [-0.15, -0.1) is 0 Å². The SMILES string of the molecule is Clc1cccc(CNCCc2ccc3c(c2)OCO3)c1.O=C(O)C(=O)O. The molecule has 0 unspecified atom stereocenters. The minimum atomic E-state index is -1.82. The van der Waals surface area contributed by atoms with Crippen molar-refractivity contribution in [3.63, 3.8) is 0 Å². The van der Waals surface area contributed by atoms with Crippen LogP contribution in [0.5, 0.6) is 11.5 Å². The number of fused-ring (bicyclic) bond motifs is 1. The fourth-order valence-electron chi connectivity index (χ4n) is 2.21. The average Bonchev–Trinajstić information content (AvgIpc) is 3.07. The minimum absolute atomic E-state index is 0.325. The number of ether oxygens (including phenoxy) is 2. The Morgan fingerprint density at radius 1 is 1.00 bits per heavy atom. The van der Waals surface area contributed by atoms with Crippen molar-refractivity contribution in [2.24, 2.45) is 0 Å². The van der Waals surface area contributed by atoms with Crippen LogP contribution in [0.1, 0.15) is 11.1 Å². The molecule has 2 aromatic carbocycles. The number of aliphatic carboxylic acids is 2. The van der Waals surface area contributed by atoms with Gasteiger partial charge in [-0.2, -0.15) is 0 Å². The number of hydrogen-bond donors (Lipinski definition) is 3. The van der Waals surface area contributed by atoms with Gasteiger partial charge in [-0.1, -0.05) is 29.8 Å². The summed E-state index contributed by atoms with van der Waals surface area (Å²) >= 11 is 5.95. The van der Waals surface area contributed by atoms with Gasteiger partial charge in [-0.05, 0) is 48.4 Å². The van der Waals surface area contributed by atoms with Crippen molar-refractivity contribution in [1.29, 1.82) is 0 Å². The predicted molar refractivity (Wildman–Crippen MR) is 94.7 cm³/mol. The number of rotatable bonds is 5. The molecule has 1 aliphatic heterocycles. The highest BCUT2D eigenvalue weighted by molar-refractivity contribution is 6.30. The molecule has 2 aromatic rings. The Labute approximate surface area is 155 Å². The summed E-state index contributed by atoms with van der Waals surface area (Å²) in [6, 6.07) is 14.0. The molecule has 7 nitrogen and oxygen atoms in total. The van der Waals surface area contributed by atoms with Crippen molar-refractivity contribution in [1.82, 2.24) is 5.32 Å². The second-order valence-corrected chi connectivity index (χ2v) is 5.79. The van der Waals surface area contributed by atoms with Crippen LogP contribution in [0.15, 0.2) is 42.5 Å². The third-order valence-corrected chi connectivity index (χ3v) is 3.66. The summed E-state index contributed by atoms with van der Waals surface area (Å²) in [6.45, 7) is 2.06. The highest BCUT2D eigenvalue weighted by Gasteiger charge is 2.12. The summed E-state index contributed by atoms with van der Waals surface area (Å²) in [4.78, 5) is 18.2. The summed E-state index contributed by atoms with van der Waals surface area (Å²) in [6.07, 6.45) is 0.956. The number of carboxylic acids is 2. The molecule has 0 bridgehead atoms. The maximum atomic E-state index is 9.10. The summed E-state index contributed by atoms with van der Waals surface area (Å²) in [7, 11) is 0. The van der Waals surface area contributed by atoms with Gasteiger partial charge in [0.05, 0.1) is 0 Å². The molecule has 0 saturated carbocycles. The minimum Gasteiger partial charge on any atom is -0.473 e. The van der Waals surface area contributed by atoms with Gasteiger partial charge >= 0.3 is 11.9 Å². The van der Waals surface area contributed by atoms with Crippen LogP contribution in [0, 0.1) is 0 Å². The van der Waals surface area contributed by atoms with Gasteiger partial charge in [0.2, 0.25) is 6.79 Å². The van der Waals surface area contributed by atoms with Gasteiger partial charge in [-0.3, -0.25) is 0 Å². The normalized spacial score (nSPS) is 11.4. The third-order valence-electron chi connectivity index (χ3n) is 3.43. The van der Waals surface area contributed by atoms with E-state index in [1.165, 1.54) is 11.1 Å². The monoisotopic (exact) mass is 379 g/mol. The smallest absolute Gasteiger partial charge is 0.414 e. The van der Waals surface area contributed by atoms with Gasteiger partial charge < -0.3 is 25.0 Å². The molecule has 0 saturated heterocycles. The van der Waals surface area contributed by atoms with E-state index in [1.807, 2.05) is 30.3 Å². The third kappa shape index (κ3) is 6.27. The highest BCUT2D eigenvalue weighted by Crippen LogP contribution is 2.32. The van der Waals surface area contributed by atoms with Gasteiger partial charge in [0.15, 0.2) is 11.5 Å². The quantitative estimate of drug-likeness (QED) is 0.541. The van der Waals surface area contributed by atoms with E-state index in [4.69, 9.17) is 40.9 Å². The molecule has 1 heterocycles. The number of benzene rings is 2. The molecule has 3 N–H and O–H groups in total. The van der Waals surface area contributed by atoms with Crippen LogP contribution >= 0.6 is 11.6 Å². The molecule has 3 rings (SSSR count). The molecular weight excluding hydrogens is 362 g/mol. The molecular formula is C18H18ClNO6. The van der Waals surface area contributed by atoms with Crippen LogP contribution in [-0.2, 0) is 22.6 Å². The molecule has 0 spiro atoms. The predicted octanol–water partition coefficient (Wildman–Crippen LogP) is 2.56. The van der Waals surface area contributed by atoms with Crippen LogP contribution in [0.25, 0.3) is 0 Å². The van der Waals surface area contributed by atoms with Gasteiger partial charge in [0, 0.05) is 11.6 Å². The molecule has 0 aliphatic carbocycles. The number of hydrogen-bond acceptors (Lipinski definition) is 5. The van der Waals surface area contributed by atoms with Crippen molar-refractivity contribution >= 4 is 23.5 Å². The molecule has 0 amide bonds. The van der Waals surface area contributed by atoms with E-state index >= 15 is 0 Å². The summed E-state index contributed by atoms with van der Waals surface area (Å²) in [5.41, 5.74) is 2.44. The second-order valence-electron chi connectivity index (χ2n) is 5.35. The van der Waals surface area contributed by atoms with E-state index in [0.29, 0.717) is 6.79 Å². The molecule has 26 heavy (non-hydrogen) atoms. The van der Waals surface area contributed by atoms with Crippen LogP contribution < -0.4 is 14.8 Å². The number of halogens is 1. The van der Waals surface area contributed by atoms with Crippen molar-refractivity contribution in [2.45, 2.75) is 13.0 Å². The Morgan fingerprint density at radius 3 is 2.42 bits per heavy atom. The molecule has 0 atom stereocenters. The zero-order chi connectivity index (χ0) is 18.9. The summed E-state index contributed by atoms with van der Waals surface area (Å²) in [5.74, 6) is -1.97. The first kappa shape index (κ1) is 19.6. The fourth-order valence-corrected chi connectivity index (χ4v) is 2.42. The first-order chi connectivity index (χ1) is 12.5. The van der Waals surface area contributed by atoms with E-state index in [0.717, 1.165) is 36.0 Å². The average molecular weight is 380 g/mol. The van der Waals surface area contributed by atoms with Crippen LogP contribution in [0.3, 0.4) is 0 Å². The van der Waals surface area contributed by atoms with E-state index < -0.39 is 11.9 Å². The van der Waals surface area contributed by atoms with Gasteiger partial charge in [-0.25, -0.2) is 9.59 Å². The second kappa shape index (κ2) is 9.65. The zero-order valence-corrected chi connectivity index (χ0v) is 14.5. The lowest BCUT2D eigenvalue weighted by Crippen LogP contribution is -2.16. The lowest BCUT2D eigenvalue weighted by molar-refractivity contribution is -0.159. The van der Waals surface area contributed by atoms with Gasteiger partial charge in [0.1, 0.15) is 0 Å². The number of nitrogens with one attached hydrogen (secondary N) is 1. The number of carboxylic acid groups (broad SMARTS) is 2. The van der Waals surface area contributed by atoms with Crippen molar-refractivity contribution in [2.75, 3.05) is 13.3 Å². The van der Waals surface area contributed by atoms with Crippen molar-refractivity contribution in [3.8, 4) is 11.5 Å². The van der Waals surface area contributed by atoms with E-state index in [9.17, 15) is 0 Å². The first-order valence-corrected chi connectivity index (χ1v) is 8.13. The molecule has 0 fully saturated rings. The Balaban J connectivity index is 0.000000352. The summed E-state index contributed by atoms with van der Waals surface area (Å²) in [5, 5.41) is 19.0. The number of carbonyl (C=O) groups is 2. The molecule has 138 valence electrons. The lowest BCUT2D eigenvalue weighted by atomic mass is 10.1. The van der Waals surface area contributed by atoms with E-state index in [-0.39, 0.29) is 0 Å². The van der Waals surface area contributed by atoms with Crippen LogP contribution in [0.4, 0.5) is 0 Å². The Bertz CT molecular complexity index is 768. The highest BCUT2D eigenvalue weighted by atomic mass is 35.5. The molecule has 0 aromatic heterocycles. The van der Waals surface area contributed by atoms with Crippen LogP contribution in [-0.4, -0.2) is 35.5 Å². The lowest BCUT2D eigenvalue weighted by Gasteiger charge is -2.06. The Kier molecular flexibility index (Phi) is 7.25.